The molecule has 3 N–H and O–H groups in total. The van der Waals surface area contributed by atoms with Crippen molar-refractivity contribution in [2.24, 2.45) is 0 Å². The number of nitrogens with zero attached hydrogens (tertiary/aromatic N) is 3. The normalized spacial score (nSPS) is 18.6. The van der Waals surface area contributed by atoms with E-state index in [1.807, 2.05) is 4.90 Å². The number of β-amino-alcohol motifs (C(OH)–C–C–N with tert-alkyl or cyclic N) is 1. The topological polar surface area (TPSA) is 99.8 Å². The molecule has 1 saturated heterocycles. The number of nitrogen functional groups attached to an aromatic ring is 1. The molecule has 106 valence electrons. The van der Waals surface area contributed by atoms with E-state index in [1.54, 1.807) is 6.07 Å². The van der Waals surface area contributed by atoms with Gasteiger partial charge in [-0.3, -0.25) is 4.90 Å². The van der Waals surface area contributed by atoms with Gasteiger partial charge in [-0.05, 0) is 12.1 Å². The van der Waals surface area contributed by atoms with E-state index in [4.69, 9.17) is 10.8 Å². The summed E-state index contributed by atoms with van der Waals surface area (Å²) in [5.74, 6) is 0.0280. The van der Waals surface area contributed by atoms with Crippen LogP contribution in [0.1, 0.15) is 0 Å². The van der Waals surface area contributed by atoms with Crippen molar-refractivity contribution in [2.45, 2.75) is 4.90 Å². The second-order valence-electron chi connectivity index (χ2n) is 4.36. The number of hydrogen-bond donors (Lipinski definition) is 2. The number of aliphatic hydroxyl groups is 1. The Labute approximate surface area is 112 Å². The number of anilines is 1. The van der Waals surface area contributed by atoms with Crippen molar-refractivity contribution in [3.63, 3.8) is 0 Å². The quantitative estimate of drug-likeness (QED) is 0.733. The second kappa shape index (κ2) is 5.83. The molecule has 0 radical (unpaired) electrons. The van der Waals surface area contributed by atoms with Crippen molar-refractivity contribution in [3.8, 4) is 0 Å². The molecule has 0 aliphatic carbocycles. The van der Waals surface area contributed by atoms with Crippen molar-refractivity contribution in [2.75, 3.05) is 45.1 Å². The third-order valence-corrected chi connectivity index (χ3v) is 5.11. The van der Waals surface area contributed by atoms with Crippen LogP contribution < -0.4 is 5.73 Å². The highest BCUT2D eigenvalue weighted by Crippen LogP contribution is 2.21. The summed E-state index contributed by atoms with van der Waals surface area (Å²) in [4.78, 5) is 5.90. The Bertz CT molecular complexity index is 526. The lowest BCUT2D eigenvalue weighted by molar-refractivity contribution is 0.151. The van der Waals surface area contributed by atoms with Crippen LogP contribution in [-0.2, 0) is 10.0 Å². The van der Waals surface area contributed by atoms with E-state index in [0.29, 0.717) is 32.7 Å². The molecule has 1 aromatic heterocycles. The third-order valence-electron chi connectivity index (χ3n) is 3.17. The van der Waals surface area contributed by atoms with E-state index in [-0.39, 0.29) is 17.3 Å². The van der Waals surface area contributed by atoms with Crippen molar-refractivity contribution < 1.29 is 13.5 Å². The Morgan fingerprint density at radius 1 is 1.32 bits per heavy atom. The first-order valence-corrected chi connectivity index (χ1v) is 7.53. The van der Waals surface area contributed by atoms with Crippen LogP contribution in [0.15, 0.2) is 23.2 Å². The molecular formula is C11H18N4O3S. The Balaban J connectivity index is 2.12. The van der Waals surface area contributed by atoms with Gasteiger partial charge in [0.25, 0.3) is 0 Å². The minimum atomic E-state index is -3.57. The molecule has 8 heteroatoms. The van der Waals surface area contributed by atoms with Gasteiger partial charge in [0.2, 0.25) is 10.0 Å². The number of sulfonamides is 1. The lowest BCUT2D eigenvalue weighted by atomic mass is 10.4. The number of aliphatic hydroxyl groups excluding tert-OH is 1. The predicted octanol–water partition coefficient (Wildman–Crippen LogP) is -1.04. The third kappa shape index (κ3) is 3.03. The van der Waals surface area contributed by atoms with Crippen LogP contribution in [0.5, 0.6) is 0 Å². The molecule has 7 nitrogen and oxygen atoms in total. The number of rotatable bonds is 4. The van der Waals surface area contributed by atoms with E-state index < -0.39 is 10.0 Å². The van der Waals surface area contributed by atoms with Crippen LogP contribution in [-0.4, -0.2) is 67.0 Å². The van der Waals surface area contributed by atoms with Gasteiger partial charge in [-0.25, -0.2) is 13.4 Å². The highest BCUT2D eigenvalue weighted by Gasteiger charge is 2.29. The first kappa shape index (κ1) is 14.2. The average Bonchev–Trinajstić information content (AvgIpc) is 2.40. The fourth-order valence-electron chi connectivity index (χ4n) is 2.09. The lowest BCUT2D eigenvalue weighted by Gasteiger charge is -2.33. The monoisotopic (exact) mass is 286 g/mol. The summed E-state index contributed by atoms with van der Waals surface area (Å²) >= 11 is 0. The van der Waals surface area contributed by atoms with E-state index in [1.165, 1.54) is 16.6 Å². The highest BCUT2D eigenvalue weighted by atomic mass is 32.2. The van der Waals surface area contributed by atoms with Crippen molar-refractivity contribution in [1.82, 2.24) is 14.2 Å². The van der Waals surface area contributed by atoms with Crippen LogP contribution in [0.4, 0.5) is 5.82 Å². The lowest BCUT2D eigenvalue weighted by Crippen LogP contribution is -2.49. The maximum atomic E-state index is 12.4. The molecule has 1 aliphatic heterocycles. The summed E-state index contributed by atoms with van der Waals surface area (Å²) in [6.45, 7) is 2.68. The van der Waals surface area contributed by atoms with Gasteiger partial charge in [0.1, 0.15) is 10.7 Å². The summed E-state index contributed by atoms with van der Waals surface area (Å²) in [5, 5.41) is 8.86. The van der Waals surface area contributed by atoms with Gasteiger partial charge in [-0.15, -0.1) is 0 Å². The van der Waals surface area contributed by atoms with E-state index in [9.17, 15) is 8.42 Å². The zero-order chi connectivity index (χ0) is 13.9. The molecule has 0 unspecified atom stereocenters. The highest BCUT2D eigenvalue weighted by molar-refractivity contribution is 7.89. The zero-order valence-corrected chi connectivity index (χ0v) is 11.4. The van der Waals surface area contributed by atoms with Gasteiger partial charge in [0.05, 0.1) is 6.61 Å². The van der Waals surface area contributed by atoms with Crippen LogP contribution >= 0.6 is 0 Å². The summed E-state index contributed by atoms with van der Waals surface area (Å²) in [5.41, 5.74) is 5.63. The molecule has 0 amide bonds. The molecule has 0 aromatic carbocycles. The van der Waals surface area contributed by atoms with Crippen molar-refractivity contribution >= 4 is 15.8 Å². The Morgan fingerprint density at radius 3 is 2.58 bits per heavy atom. The summed E-state index contributed by atoms with van der Waals surface area (Å²) in [7, 11) is -3.57. The molecular weight excluding hydrogens is 268 g/mol. The summed E-state index contributed by atoms with van der Waals surface area (Å²) < 4.78 is 26.2. The average molecular weight is 286 g/mol. The smallest absolute Gasteiger partial charge is 0.246 e. The molecule has 2 rings (SSSR count). The molecule has 1 aliphatic rings. The number of nitrogens with two attached hydrogens (primary N) is 1. The molecule has 0 atom stereocenters. The first-order valence-electron chi connectivity index (χ1n) is 6.09. The maximum absolute atomic E-state index is 12.4. The summed E-state index contributed by atoms with van der Waals surface area (Å²) in [6.07, 6.45) is 1.47. The molecule has 0 saturated carbocycles. The standard InChI is InChI=1S/C11H18N4O3S/c12-11-10(2-1-3-13-11)19(17,18)15-6-4-14(5-7-15)8-9-16/h1-3,16H,4-9H2,(H2,12,13). The van der Waals surface area contributed by atoms with E-state index in [0.717, 1.165) is 0 Å². The Hall–Kier alpha value is -1.22. The Kier molecular flexibility index (Phi) is 4.35. The molecule has 19 heavy (non-hydrogen) atoms. The minimum Gasteiger partial charge on any atom is -0.395 e. The fraction of sp³-hybridized carbons (Fsp3) is 0.545. The number of pyridine rings is 1. The van der Waals surface area contributed by atoms with Crippen LogP contribution in [0.25, 0.3) is 0 Å². The SMILES string of the molecule is Nc1ncccc1S(=O)(=O)N1CCN(CCO)CC1. The van der Waals surface area contributed by atoms with Crippen molar-refractivity contribution in [3.05, 3.63) is 18.3 Å². The van der Waals surface area contributed by atoms with E-state index in [2.05, 4.69) is 4.98 Å². The Morgan fingerprint density at radius 2 is 2.00 bits per heavy atom. The first-order chi connectivity index (χ1) is 9.05. The van der Waals surface area contributed by atoms with Gasteiger partial charge in [-0.2, -0.15) is 4.31 Å². The molecule has 2 heterocycles. The second-order valence-corrected chi connectivity index (χ2v) is 6.26. The van der Waals surface area contributed by atoms with Crippen LogP contribution in [0.3, 0.4) is 0 Å². The van der Waals surface area contributed by atoms with Gasteiger partial charge in [0, 0.05) is 38.9 Å². The van der Waals surface area contributed by atoms with Gasteiger partial charge in [0.15, 0.2) is 0 Å². The molecule has 0 bridgehead atoms. The predicted molar refractivity (Wildman–Crippen MR) is 70.9 cm³/mol. The van der Waals surface area contributed by atoms with E-state index >= 15 is 0 Å². The zero-order valence-electron chi connectivity index (χ0n) is 10.6. The van der Waals surface area contributed by atoms with Gasteiger partial charge in [-0.1, -0.05) is 0 Å². The molecule has 1 aromatic rings. The summed E-state index contributed by atoms with van der Waals surface area (Å²) in [6, 6.07) is 3.03. The van der Waals surface area contributed by atoms with Crippen LogP contribution in [0.2, 0.25) is 0 Å². The maximum Gasteiger partial charge on any atom is 0.246 e. The minimum absolute atomic E-state index is 0.0280. The largest absolute Gasteiger partial charge is 0.395 e. The van der Waals surface area contributed by atoms with Gasteiger partial charge >= 0.3 is 0 Å². The molecule has 1 fully saturated rings. The van der Waals surface area contributed by atoms with Crippen LogP contribution in [0, 0.1) is 0 Å². The number of hydrogen-bond acceptors (Lipinski definition) is 6. The van der Waals surface area contributed by atoms with Gasteiger partial charge < -0.3 is 10.8 Å². The molecule has 0 spiro atoms. The number of aromatic nitrogens is 1. The number of piperazine rings is 1. The fourth-order valence-corrected chi connectivity index (χ4v) is 3.58. The van der Waals surface area contributed by atoms with Crippen molar-refractivity contribution in [1.29, 1.82) is 0 Å².